The Balaban J connectivity index is 3.02. The van der Waals surface area contributed by atoms with Gasteiger partial charge in [0.2, 0.25) is 6.17 Å². The summed E-state index contributed by atoms with van der Waals surface area (Å²) in [6, 6.07) is 0. The minimum absolute atomic E-state index is 0.297. The summed E-state index contributed by atoms with van der Waals surface area (Å²) in [5.74, 6) is -19.7. The van der Waals surface area contributed by atoms with Crippen LogP contribution in [0.15, 0.2) is 0 Å². The van der Waals surface area contributed by atoms with Crippen molar-refractivity contribution in [3.8, 4) is 0 Å². The van der Waals surface area contributed by atoms with Gasteiger partial charge in [-0.25, -0.2) is 26.3 Å². The molecule has 1 fully saturated rings. The van der Waals surface area contributed by atoms with Gasteiger partial charge >= 0.3 is 17.8 Å². The van der Waals surface area contributed by atoms with Crippen LogP contribution in [-0.2, 0) is 4.74 Å². The van der Waals surface area contributed by atoms with E-state index in [2.05, 4.69) is 4.74 Å². The first-order chi connectivity index (χ1) is 10.7. The van der Waals surface area contributed by atoms with E-state index in [0.717, 1.165) is 0 Å². The molecule has 0 aromatic rings. The van der Waals surface area contributed by atoms with Crippen LogP contribution in [-0.4, -0.2) is 61.6 Å². The first-order valence-electron chi connectivity index (χ1n) is 6.27. The molecule has 1 rings (SSSR count). The van der Waals surface area contributed by atoms with E-state index in [1.54, 1.807) is 0 Å². The number of hydrogen-bond donors (Lipinski definition) is 0. The third-order valence-electron chi connectivity index (χ3n) is 3.27. The van der Waals surface area contributed by atoms with Gasteiger partial charge in [0.1, 0.15) is 0 Å². The van der Waals surface area contributed by atoms with Crippen molar-refractivity contribution in [2.45, 2.75) is 61.4 Å². The molecule has 144 valence electrons. The van der Waals surface area contributed by atoms with E-state index >= 15 is 0 Å². The average Bonchev–Trinajstić information content (AvgIpc) is 3.27. The Bertz CT molecular complexity index is 423. The molecule has 0 amide bonds. The molecule has 1 aliphatic rings. The Hall–Kier alpha value is -0.880. The third-order valence-corrected chi connectivity index (χ3v) is 3.27. The lowest BCUT2D eigenvalue weighted by Gasteiger charge is -2.36. The molecule has 24 heavy (non-hydrogen) atoms. The van der Waals surface area contributed by atoms with Gasteiger partial charge in [-0.1, -0.05) is 0 Å². The highest BCUT2D eigenvalue weighted by Crippen LogP contribution is 2.52. The lowest BCUT2D eigenvalue weighted by Crippen LogP contribution is -2.64. The maximum Gasteiger partial charge on any atom is 0.378 e. The molecule has 0 spiro atoms. The Morgan fingerprint density at radius 3 is 1.62 bits per heavy atom. The van der Waals surface area contributed by atoms with E-state index in [-0.39, 0.29) is 6.61 Å². The molecule has 1 saturated heterocycles. The zero-order chi connectivity index (χ0) is 19.1. The van der Waals surface area contributed by atoms with Crippen molar-refractivity contribution >= 4 is 0 Å². The van der Waals surface area contributed by atoms with Gasteiger partial charge in [-0.05, 0) is 0 Å². The molecular weight excluding hydrogens is 376 g/mol. The van der Waals surface area contributed by atoms with Crippen molar-refractivity contribution in [3.63, 3.8) is 0 Å². The van der Waals surface area contributed by atoms with Crippen LogP contribution >= 0.6 is 0 Å². The fourth-order valence-corrected chi connectivity index (χ4v) is 1.68. The lowest BCUT2D eigenvalue weighted by atomic mass is 9.92. The average molecular weight is 386 g/mol. The van der Waals surface area contributed by atoms with Gasteiger partial charge in [0.15, 0.2) is 18.5 Å². The first-order valence-corrected chi connectivity index (χ1v) is 6.27. The number of rotatable bonds is 9. The highest BCUT2D eigenvalue weighted by atomic mass is 19.4. The highest BCUT2D eigenvalue weighted by Gasteiger charge is 2.78. The van der Waals surface area contributed by atoms with Crippen LogP contribution in [0.2, 0.25) is 0 Å². The fraction of sp³-hybridized carbons (Fsp3) is 1.00. The van der Waals surface area contributed by atoms with Gasteiger partial charge in [0, 0.05) is 6.42 Å². The summed E-state index contributed by atoms with van der Waals surface area (Å²) in [6.07, 6.45) is -24.8. The minimum atomic E-state index is -6.82. The summed E-state index contributed by atoms with van der Waals surface area (Å²) in [5.41, 5.74) is 0. The Morgan fingerprint density at radius 2 is 1.25 bits per heavy atom. The van der Waals surface area contributed by atoms with Crippen molar-refractivity contribution in [2.75, 3.05) is 6.61 Å². The number of hydrogen-bond acceptors (Lipinski definition) is 1. The quantitative estimate of drug-likeness (QED) is 0.425. The molecule has 0 radical (unpaired) electrons. The Labute approximate surface area is 126 Å². The van der Waals surface area contributed by atoms with Crippen LogP contribution in [0.25, 0.3) is 0 Å². The second-order valence-corrected chi connectivity index (χ2v) is 5.10. The van der Waals surface area contributed by atoms with E-state index < -0.39 is 61.4 Å². The highest BCUT2D eigenvalue weighted by molar-refractivity contribution is 5.06. The Kier molecular flexibility index (Phi) is 5.99. The van der Waals surface area contributed by atoms with Crippen molar-refractivity contribution in [3.05, 3.63) is 0 Å². The van der Waals surface area contributed by atoms with E-state index in [4.69, 9.17) is 0 Å². The van der Waals surface area contributed by atoms with Gasteiger partial charge in [-0.3, -0.25) is 0 Å². The number of halogens is 12. The van der Waals surface area contributed by atoms with Crippen molar-refractivity contribution in [1.82, 2.24) is 0 Å². The van der Waals surface area contributed by atoms with Gasteiger partial charge in [0.25, 0.3) is 6.43 Å². The van der Waals surface area contributed by atoms with Crippen LogP contribution in [0, 0.1) is 0 Å². The zero-order valence-electron chi connectivity index (χ0n) is 11.3. The maximum absolute atomic E-state index is 13.3. The molecule has 0 bridgehead atoms. The number of ether oxygens (including phenoxy) is 1. The topological polar surface area (TPSA) is 12.5 Å². The van der Waals surface area contributed by atoms with Gasteiger partial charge in [0.05, 0.1) is 12.7 Å². The predicted molar refractivity (Wildman–Crippen MR) is 54.8 cm³/mol. The molecule has 0 aliphatic carbocycles. The molecule has 5 atom stereocenters. The SMILES string of the molecule is FC(F)C(F)C(F)C(F)C(F)(F)C(F)(F)C(F)(F)C(F)CC1CO1. The molecule has 1 heterocycles. The van der Waals surface area contributed by atoms with Crippen molar-refractivity contribution < 1.29 is 57.4 Å². The van der Waals surface area contributed by atoms with Gasteiger partial charge in [-0.2, -0.15) is 26.3 Å². The van der Waals surface area contributed by atoms with Crippen LogP contribution in [0.5, 0.6) is 0 Å². The number of alkyl halides is 12. The molecule has 0 aromatic heterocycles. The molecule has 0 N–H and O–H groups in total. The van der Waals surface area contributed by atoms with Crippen LogP contribution in [0.4, 0.5) is 52.7 Å². The van der Waals surface area contributed by atoms with Crippen LogP contribution in [0.1, 0.15) is 6.42 Å². The summed E-state index contributed by atoms with van der Waals surface area (Å²) in [7, 11) is 0. The molecule has 1 nitrogen and oxygen atoms in total. The van der Waals surface area contributed by atoms with Gasteiger partial charge in [-0.15, -0.1) is 0 Å². The van der Waals surface area contributed by atoms with Gasteiger partial charge < -0.3 is 4.74 Å². The smallest absolute Gasteiger partial charge is 0.373 e. The molecule has 1 aliphatic heterocycles. The van der Waals surface area contributed by atoms with Crippen LogP contribution in [0.3, 0.4) is 0 Å². The fourth-order valence-electron chi connectivity index (χ4n) is 1.68. The van der Waals surface area contributed by atoms with E-state index in [0.29, 0.717) is 0 Å². The van der Waals surface area contributed by atoms with E-state index in [1.165, 1.54) is 0 Å². The Morgan fingerprint density at radius 1 is 0.792 bits per heavy atom. The number of epoxide rings is 1. The minimum Gasteiger partial charge on any atom is -0.373 e. The van der Waals surface area contributed by atoms with Crippen LogP contribution < -0.4 is 0 Å². The van der Waals surface area contributed by atoms with Crippen molar-refractivity contribution in [2.24, 2.45) is 0 Å². The second-order valence-electron chi connectivity index (χ2n) is 5.10. The summed E-state index contributed by atoms with van der Waals surface area (Å²) in [5, 5.41) is 0. The molecule has 5 unspecified atom stereocenters. The van der Waals surface area contributed by atoms with E-state index in [1.807, 2.05) is 0 Å². The summed E-state index contributed by atoms with van der Waals surface area (Å²) < 4.78 is 159. The largest absolute Gasteiger partial charge is 0.378 e. The molecule has 13 heteroatoms. The lowest BCUT2D eigenvalue weighted by molar-refractivity contribution is -0.344. The summed E-state index contributed by atoms with van der Waals surface area (Å²) in [6.45, 7) is -0.297. The van der Waals surface area contributed by atoms with Crippen molar-refractivity contribution in [1.29, 1.82) is 0 Å². The van der Waals surface area contributed by atoms with E-state index in [9.17, 15) is 52.7 Å². The zero-order valence-corrected chi connectivity index (χ0v) is 11.3. The first kappa shape index (κ1) is 21.2. The predicted octanol–water partition coefficient (Wildman–Crippen LogP) is 4.30. The standard InChI is InChI=1S/C11H10F12O/c12-4(1-3-2-24-3)9(18,19)11(22,23)10(20,21)7(15)5(13)6(14)8(16)17/h3-8H,1-2H2. The second kappa shape index (κ2) is 6.79. The monoisotopic (exact) mass is 386 g/mol. The summed E-state index contributed by atoms with van der Waals surface area (Å²) in [4.78, 5) is 0. The molecular formula is C11H10F12O. The molecule has 0 saturated carbocycles. The summed E-state index contributed by atoms with van der Waals surface area (Å²) >= 11 is 0. The molecule has 0 aromatic carbocycles. The third kappa shape index (κ3) is 3.69. The normalized spacial score (nSPS) is 24.6. The maximum atomic E-state index is 13.3.